The van der Waals surface area contributed by atoms with Gasteiger partial charge in [0.2, 0.25) is 0 Å². The Bertz CT molecular complexity index is 509. The second kappa shape index (κ2) is 7.38. The van der Waals surface area contributed by atoms with Crippen molar-refractivity contribution in [3.05, 3.63) is 55.3 Å². The summed E-state index contributed by atoms with van der Waals surface area (Å²) in [5.41, 5.74) is 3.96. The molecule has 0 aliphatic carbocycles. The second-order valence-corrected chi connectivity index (χ2v) is 7.20. The SMILES string of the molecule is CNC(c1ccc(CCOC)cc1)c1csc(I)c1. The zero-order valence-electron chi connectivity index (χ0n) is 11.2. The molecule has 1 aromatic carbocycles. The summed E-state index contributed by atoms with van der Waals surface area (Å²) in [6, 6.07) is 11.3. The summed E-state index contributed by atoms with van der Waals surface area (Å²) in [7, 11) is 3.75. The molecule has 2 rings (SSSR count). The van der Waals surface area contributed by atoms with Gasteiger partial charge in [0.25, 0.3) is 0 Å². The first kappa shape index (κ1) is 15.0. The van der Waals surface area contributed by atoms with E-state index in [0.717, 1.165) is 13.0 Å². The van der Waals surface area contributed by atoms with Gasteiger partial charge in [0.05, 0.1) is 15.5 Å². The van der Waals surface area contributed by atoms with Gasteiger partial charge in [0.15, 0.2) is 0 Å². The van der Waals surface area contributed by atoms with Gasteiger partial charge in [-0.15, -0.1) is 11.3 Å². The lowest BCUT2D eigenvalue weighted by Gasteiger charge is -2.16. The molecule has 0 spiro atoms. The number of hydrogen-bond donors (Lipinski definition) is 1. The Labute approximate surface area is 132 Å². The molecule has 4 heteroatoms. The third kappa shape index (κ3) is 4.02. The summed E-state index contributed by atoms with van der Waals surface area (Å²) >= 11 is 4.15. The second-order valence-electron chi connectivity index (χ2n) is 4.39. The van der Waals surface area contributed by atoms with E-state index in [0.29, 0.717) is 0 Å². The first-order chi connectivity index (χ1) is 9.24. The van der Waals surface area contributed by atoms with Crippen molar-refractivity contribution in [3.63, 3.8) is 0 Å². The molecule has 0 saturated heterocycles. The third-order valence-electron chi connectivity index (χ3n) is 3.12. The average molecular weight is 387 g/mol. The maximum absolute atomic E-state index is 5.10. The molecule has 0 amide bonds. The number of nitrogens with one attached hydrogen (secondary N) is 1. The van der Waals surface area contributed by atoms with Crippen LogP contribution in [0.1, 0.15) is 22.7 Å². The highest BCUT2D eigenvalue weighted by Crippen LogP contribution is 2.27. The third-order valence-corrected chi connectivity index (χ3v) is 4.92. The Kier molecular flexibility index (Phi) is 5.81. The van der Waals surface area contributed by atoms with Gasteiger partial charge in [-0.25, -0.2) is 0 Å². The van der Waals surface area contributed by atoms with Crippen LogP contribution in [0.25, 0.3) is 0 Å². The van der Waals surface area contributed by atoms with Crippen molar-refractivity contribution in [3.8, 4) is 0 Å². The van der Waals surface area contributed by atoms with Crippen molar-refractivity contribution in [1.29, 1.82) is 0 Å². The minimum atomic E-state index is 0.274. The van der Waals surface area contributed by atoms with Gasteiger partial charge < -0.3 is 10.1 Å². The van der Waals surface area contributed by atoms with E-state index in [9.17, 15) is 0 Å². The van der Waals surface area contributed by atoms with E-state index in [1.165, 1.54) is 19.6 Å². The van der Waals surface area contributed by atoms with Gasteiger partial charge >= 0.3 is 0 Å². The standard InChI is InChI=1S/C15H18INOS/c1-17-15(13-9-14(16)19-10-13)12-5-3-11(4-6-12)7-8-18-2/h3-6,9-10,15,17H,7-8H2,1-2H3. The molecule has 2 nitrogen and oxygen atoms in total. The molecular formula is C15H18INOS. The smallest absolute Gasteiger partial charge is 0.0656 e. The van der Waals surface area contributed by atoms with Crippen molar-refractivity contribution in [2.24, 2.45) is 0 Å². The topological polar surface area (TPSA) is 21.3 Å². The minimum Gasteiger partial charge on any atom is -0.384 e. The fourth-order valence-electron chi connectivity index (χ4n) is 2.10. The van der Waals surface area contributed by atoms with Gasteiger partial charge in [-0.3, -0.25) is 0 Å². The normalized spacial score (nSPS) is 12.6. The molecular weight excluding hydrogens is 369 g/mol. The largest absolute Gasteiger partial charge is 0.384 e. The highest BCUT2D eigenvalue weighted by molar-refractivity contribution is 14.1. The van der Waals surface area contributed by atoms with Crippen LogP contribution in [0.3, 0.4) is 0 Å². The first-order valence-electron chi connectivity index (χ1n) is 6.23. The van der Waals surface area contributed by atoms with E-state index < -0.39 is 0 Å². The van der Waals surface area contributed by atoms with Crippen molar-refractivity contribution in [2.75, 3.05) is 20.8 Å². The summed E-state index contributed by atoms with van der Waals surface area (Å²) < 4.78 is 6.43. The number of rotatable bonds is 6. The molecule has 0 fully saturated rings. The highest BCUT2D eigenvalue weighted by atomic mass is 127. The number of hydrogen-bond acceptors (Lipinski definition) is 3. The van der Waals surface area contributed by atoms with E-state index in [1.54, 1.807) is 18.4 Å². The molecule has 1 N–H and O–H groups in total. The van der Waals surface area contributed by atoms with E-state index >= 15 is 0 Å². The van der Waals surface area contributed by atoms with Crippen LogP contribution in [-0.4, -0.2) is 20.8 Å². The zero-order chi connectivity index (χ0) is 13.7. The van der Waals surface area contributed by atoms with Gasteiger partial charge in [0.1, 0.15) is 0 Å². The lowest BCUT2D eigenvalue weighted by Crippen LogP contribution is -2.16. The van der Waals surface area contributed by atoms with Crippen molar-refractivity contribution < 1.29 is 4.74 Å². The van der Waals surface area contributed by atoms with Crippen LogP contribution < -0.4 is 5.32 Å². The van der Waals surface area contributed by atoms with Crippen LogP contribution in [0, 0.1) is 2.88 Å². The quantitative estimate of drug-likeness (QED) is 0.761. The minimum absolute atomic E-state index is 0.274. The van der Waals surface area contributed by atoms with E-state index in [4.69, 9.17) is 4.74 Å². The van der Waals surface area contributed by atoms with E-state index in [1.807, 2.05) is 7.05 Å². The molecule has 2 aromatic rings. The lowest BCUT2D eigenvalue weighted by atomic mass is 9.99. The van der Waals surface area contributed by atoms with Crippen LogP contribution in [0.4, 0.5) is 0 Å². The van der Waals surface area contributed by atoms with Crippen LogP contribution >= 0.6 is 33.9 Å². The predicted octanol–water partition coefficient (Wildman–Crippen LogP) is 3.85. The molecule has 1 unspecified atom stereocenters. The molecule has 1 heterocycles. The Balaban J connectivity index is 2.15. The molecule has 102 valence electrons. The van der Waals surface area contributed by atoms with Crippen LogP contribution in [0.5, 0.6) is 0 Å². The molecule has 0 bridgehead atoms. The first-order valence-corrected chi connectivity index (χ1v) is 8.19. The number of benzene rings is 1. The Morgan fingerprint density at radius 3 is 2.53 bits per heavy atom. The molecule has 1 aromatic heterocycles. The van der Waals surface area contributed by atoms with Crippen LogP contribution in [0.2, 0.25) is 0 Å². The summed E-state index contributed by atoms with van der Waals surface area (Å²) in [4.78, 5) is 0. The lowest BCUT2D eigenvalue weighted by molar-refractivity contribution is 0.202. The highest BCUT2D eigenvalue weighted by Gasteiger charge is 2.13. The summed E-state index contributed by atoms with van der Waals surface area (Å²) in [5.74, 6) is 0. The Hall–Kier alpha value is -0.430. The molecule has 0 aliphatic rings. The van der Waals surface area contributed by atoms with Crippen molar-refractivity contribution in [2.45, 2.75) is 12.5 Å². The molecule has 19 heavy (non-hydrogen) atoms. The van der Waals surface area contributed by atoms with Gasteiger partial charge in [-0.1, -0.05) is 24.3 Å². The summed E-state index contributed by atoms with van der Waals surface area (Å²) in [6.45, 7) is 0.775. The summed E-state index contributed by atoms with van der Waals surface area (Å²) in [6.07, 6.45) is 0.970. The van der Waals surface area contributed by atoms with Crippen molar-refractivity contribution >= 4 is 33.9 Å². The molecule has 0 aliphatic heterocycles. The molecule has 1 atom stereocenters. The Morgan fingerprint density at radius 1 is 1.26 bits per heavy atom. The number of methoxy groups -OCH3 is 1. The maximum Gasteiger partial charge on any atom is 0.0656 e. The van der Waals surface area contributed by atoms with Crippen LogP contribution in [-0.2, 0) is 11.2 Å². The fraction of sp³-hybridized carbons (Fsp3) is 0.333. The van der Waals surface area contributed by atoms with E-state index in [2.05, 4.69) is 63.6 Å². The zero-order valence-corrected chi connectivity index (χ0v) is 14.1. The fourth-order valence-corrected chi connectivity index (χ4v) is 3.50. The van der Waals surface area contributed by atoms with Crippen molar-refractivity contribution in [1.82, 2.24) is 5.32 Å². The van der Waals surface area contributed by atoms with Gasteiger partial charge in [0, 0.05) is 7.11 Å². The number of halogens is 1. The molecule has 0 radical (unpaired) electrons. The molecule has 0 saturated carbocycles. The van der Waals surface area contributed by atoms with Crippen LogP contribution in [0.15, 0.2) is 35.7 Å². The predicted molar refractivity (Wildman–Crippen MR) is 90.0 cm³/mol. The Morgan fingerprint density at radius 2 is 2.00 bits per heavy atom. The summed E-state index contributed by atoms with van der Waals surface area (Å²) in [5, 5.41) is 5.61. The van der Waals surface area contributed by atoms with Gasteiger partial charge in [-0.05, 0) is 64.2 Å². The number of thiophene rings is 1. The monoisotopic (exact) mass is 387 g/mol. The average Bonchev–Trinajstić information content (AvgIpc) is 2.85. The number of ether oxygens (including phenoxy) is 1. The maximum atomic E-state index is 5.10. The van der Waals surface area contributed by atoms with Gasteiger partial charge in [-0.2, -0.15) is 0 Å². The van der Waals surface area contributed by atoms with E-state index in [-0.39, 0.29) is 6.04 Å².